The van der Waals surface area contributed by atoms with Crippen molar-refractivity contribution < 1.29 is 22.5 Å². The normalized spacial score (nSPS) is 11.1. The molecular formula is C10H12O5S. The molecule has 0 spiro atoms. The van der Waals surface area contributed by atoms with E-state index in [-0.39, 0.29) is 6.61 Å². The number of hydrogen-bond acceptors (Lipinski definition) is 4. The second-order valence-electron chi connectivity index (χ2n) is 3.31. The van der Waals surface area contributed by atoms with Crippen LogP contribution in [0.1, 0.15) is 11.1 Å². The third-order valence-electron chi connectivity index (χ3n) is 1.95. The lowest BCUT2D eigenvalue weighted by molar-refractivity contribution is -0.141. The van der Waals surface area contributed by atoms with Crippen LogP contribution in [0, 0.1) is 6.92 Å². The lowest BCUT2D eigenvalue weighted by Crippen LogP contribution is -2.17. The van der Waals surface area contributed by atoms with E-state index in [2.05, 4.69) is 0 Å². The molecule has 1 N–H and O–H groups in total. The number of rotatable bonds is 4. The van der Waals surface area contributed by atoms with Crippen LogP contribution in [0.3, 0.4) is 0 Å². The number of esters is 1. The number of hydrogen-bond donors (Lipinski definition) is 1. The van der Waals surface area contributed by atoms with Crippen molar-refractivity contribution in [2.45, 2.75) is 13.5 Å². The Morgan fingerprint density at radius 3 is 2.56 bits per heavy atom. The van der Waals surface area contributed by atoms with Gasteiger partial charge >= 0.3 is 5.97 Å². The van der Waals surface area contributed by atoms with Crippen LogP contribution in [-0.2, 0) is 26.3 Å². The highest BCUT2D eigenvalue weighted by molar-refractivity contribution is 7.86. The van der Waals surface area contributed by atoms with Crippen LogP contribution in [-0.4, -0.2) is 24.7 Å². The van der Waals surface area contributed by atoms with Crippen LogP contribution in [0.2, 0.25) is 0 Å². The van der Waals surface area contributed by atoms with Crippen molar-refractivity contribution in [1.29, 1.82) is 0 Å². The van der Waals surface area contributed by atoms with Crippen molar-refractivity contribution in [1.82, 2.24) is 0 Å². The molecule has 0 aliphatic carbocycles. The fourth-order valence-electron chi connectivity index (χ4n) is 1.12. The fourth-order valence-corrected chi connectivity index (χ4v) is 1.50. The molecule has 0 unspecified atom stereocenters. The molecule has 0 fully saturated rings. The van der Waals surface area contributed by atoms with Crippen LogP contribution >= 0.6 is 0 Å². The first-order chi connectivity index (χ1) is 7.38. The van der Waals surface area contributed by atoms with Gasteiger partial charge in [0.05, 0.1) is 0 Å². The summed E-state index contributed by atoms with van der Waals surface area (Å²) in [5.41, 5.74) is 1.74. The second kappa shape index (κ2) is 5.09. The Labute approximate surface area is 93.8 Å². The largest absolute Gasteiger partial charge is 0.460 e. The number of carbonyl (C=O) groups is 1. The molecule has 6 heteroatoms. The number of aryl methyl sites for hydroxylation is 1. The van der Waals surface area contributed by atoms with Gasteiger partial charge < -0.3 is 4.74 Å². The van der Waals surface area contributed by atoms with Crippen molar-refractivity contribution in [3.63, 3.8) is 0 Å². The summed E-state index contributed by atoms with van der Waals surface area (Å²) in [7, 11) is -4.31. The minimum atomic E-state index is -4.31. The van der Waals surface area contributed by atoms with E-state index in [1.54, 1.807) is 12.1 Å². The maximum absolute atomic E-state index is 11.0. The summed E-state index contributed by atoms with van der Waals surface area (Å²) in [6.07, 6.45) is 0. The van der Waals surface area contributed by atoms with Gasteiger partial charge in [0, 0.05) is 0 Å². The second-order valence-corrected chi connectivity index (χ2v) is 4.77. The van der Waals surface area contributed by atoms with Crippen molar-refractivity contribution in [2.75, 3.05) is 5.75 Å². The zero-order chi connectivity index (χ0) is 12.2. The Morgan fingerprint density at radius 1 is 1.38 bits per heavy atom. The van der Waals surface area contributed by atoms with E-state index in [1.807, 2.05) is 19.1 Å². The summed E-state index contributed by atoms with van der Waals surface area (Å²) < 4.78 is 33.9. The molecule has 1 aromatic carbocycles. The van der Waals surface area contributed by atoms with Gasteiger partial charge in [-0.3, -0.25) is 9.35 Å². The van der Waals surface area contributed by atoms with Gasteiger partial charge in [0.15, 0.2) is 5.75 Å². The minimum absolute atomic E-state index is 0.00102. The highest BCUT2D eigenvalue weighted by Crippen LogP contribution is 2.08. The monoisotopic (exact) mass is 244 g/mol. The summed E-state index contributed by atoms with van der Waals surface area (Å²) in [4.78, 5) is 11.0. The first-order valence-corrected chi connectivity index (χ1v) is 6.15. The molecule has 0 saturated heterocycles. The molecule has 0 radical (unpaired) electrons. The average molecular weight is 244 g/mol. The highest BCUT2D eigenvalue weighted by Gasteiger charge is 2.14. The molecule has 0 amide bonds. The molecule has 0 aromatic heterocycles. The Hall–Kier alpha value is -1.40. The van der Waals surface area contributed by atoms with Crippen molar-refractivity contribution >= 4 is 16.1 Å². The summed E-state index contributed by atoms with van der Waals surface area (Å²) in [5.74, 6) is -1.98. The van der Waals surface area contributed by atoms with Gasteiger partial charge in [-0.15, -0.1) is 0 Å². The molecule has 0 aliphatic rings. The number of ether oxygens (including phenoxy) is 1. The smallest absolute Gasteiger partial charge is 0.323 e. The third-order valence-corrected chi connectivity index (χ3v) is 2.55. The molecule has 0 saturated carbocycles. The first kappa shape index (κ1) is 12.7. The quantitative estimate of drug-likeness (QED) is 0.629. The van der Waals surface area contributed by atoms with E-state index in [0.29, 0.717) is 0 Å². The first-order valence-electron chi connectivity index (χ1n) is 4.54. The summed E-state index contributed by atoms with van der Waals surface area (Å²) >= 11 is 0. The lowest BCUT2D eigenvalue weighted by Gasteiger charge is -2.06. The Morgan fingerprint density at radius 2 is 2.00 bits per heavy atom. The molecule has 88 valence electrons. The minimum Gasteiger partial charge on any atom is -0.460 e. The Balaban J connectivity index is 2.53. The lowest BCUT2D eigenvalue weighted by atomic mass is 10.1. The van der Waals surface area contributed by atoms with E-state index in [0.717, 1.165) is 11.1 Å². The van der Waals surface area contributed by atoms with E-state index in [4.69, 9.17) is 9.29 Å². The zero-order valence-corrected chi connectivity index (χ0v) is 9.53. The molecular weight excluding hydrogens is 232 g/mol. The Bertz CT molecular complexity index is 478. The van der Waals surface area contributed by atoms with Crippen molar-refractivity contribution in [2.24, 2.45) is 0 Å². The van der Waals surface area contributed by atoms with Gasteiger partial charge in [0.1, 0.15) is 6.61 Å². The van der Waals surface area contributed by atoms with E-state index < -0.39 is 21.8 Å². The summed E-state index contributed by atoms with van der Waals surface area (Å²) in [6, 6.07) is 7.26. The molecule has 1 rings (SSSR count). The van der Waals surface area contributed by atoms with Crippen LogP contribution in [0.4, 0.5) is 0 Å². The maximum Gasteiger partial charge on any atom is 0.323 e. The molecule has 5 nitrogen and oxygen atoms in total. The molecule has 0 bridgehead atoms. The van der Waals surface area contributed by atoms with Gasteiger partial charge in [-0.05, 0) is 18.1 Å². The molecule has 0 atom stereocenters. The van der Waals surface area contributed by atoms with Gasteiger partial charge in [-0.25, -0.2) is 0 Å². The standard InChI is InChI=1S/C10H12O5S/c1-8-4-2-3-5-9(8)6-15-10(11)7-16(12,13)14/h2-5H,6-7H2,1H3,(H,12,13,14). The summed E-state index contributed by atoms with van der Waals surface area (Å²) in [5, 5.41) is 0. The van der Waals surface area contributed by atoms with Crippen molar-refractivity contribution in [3.8, 4) is 0 Å². The van der Waals surface area contributed by atoms with Crippen LogP contribution < -0.4 is 0 Å². The zero-order valence-electron chi connectivity index (χ0n) is 8.71. The predicted molar refractivity (Wildman–Crippen MR) is 57.4 cm³/mol. The van der Waals surface area contributed by atoms with Gasteiger partial charge in [0.2, 0.25) is 0 Å². The highest BCUT2D eigenvalue weighted by atomic mass is 32.2. The maximum atomic E-state index is 11.0. The van der Waals surface area contributed by atoms with Crippen molar-refractivity contribution in [3.05, 3.63) is 35.4 Å². The van der Waals surface area contributed by atoms with Gasteiger partial charge in [-0.1, -0.05) is 24.3 Å². The summed E-state index contributed by atoms with van der Waals surface area (Å²) in [6.45, 7) is 1.85. The average Bonchev–Trinajstić information content (AvgIpc) is 2.14. The number of benzene rings is 1. The van der Waals surface area contributed by atoms with Crippen LogP contribution in [0.15, 0.2) is 24.3 Å². The van der Waals surface area contributed by atoms with Crippen LogP contribution in [0.25, 0.3) is 0 Å². The van der Waals surface area contributed by atoms with Crippen LogP contribution in [0.5, 0.6) is 0 Å². The fraction of sp³-hybridized carbons (Fsp3) is 0.300. The third kappa shape index (κ3) is 4.41. The van der Waals surface area contributed by atoms with Gasteiger partial charge in [0.25, 0.3) is 10.1 Å². The van der Waals surface area contributed by atoms with Gasteiger partial charge in [-0.2, -0.15) is 8.42 Å². The molecule has 0 heterocycles. The van der Waals surface area contributed by atoms with E-state index >= 15 is 0 Å². The van der Waals surface area contributed by atoms with E-state index in [1.165, 1.54) is 0 Å². The Kier molecular flexibility index (Phi) is 4.03. The number of carbonyl (C=O) groups excluding carboxylic acids is 1. The molecule has 1 aromatic rings. The molecule has 16 heavy (non-hydrogen) atoms. The SMILES string of the molecule is Cc1ccccc1COC(=O)CS(=O)(=O)O. The predicted octanol–water partition coefficient (Wildman–Crippen LogP) is 0.926. The molecule has 0 aliphatic heterocycles. The van der Waals surface area contributed by atoms with E-state index in [9.17, 15) is 13.2 Å². The topological polar surface area (TPSA) is 80.7 Å².